The quantitative estimate of drug-likeness (QED) is 0.109. The number of carbonyl (C=O) groups excluding carboxylic acids is 2. The molecule has 14 nitrogen and oxygen atoms in total. The molecule has 0 N–H and O–H groups in total. The van der Waals surface area contributed by atoms with Crippen LogP contribution < -0.4 is 56.8 Å². The molecule has 0 unspecified atom stereocenters. The van der Waals surface area contributed by atoms with Crippen LogP contribution in [0.3, 0.4) is 0 Å². The van der Waals surface area contributed by atoms with Gasteiger partial charge >= 0.3 is 0 Å². The second kappa shape index (κ2) is 15.0. The van der Waals surface area contributed by atoms with Gasteiger partial charge in [0.15, 0.2) is 46.0 Å². The Morgan fingerprint density at radius 2 is 0.923 bits per heavy atom. The van der Waals surface area contributed by atoms with Crippen LogP contribution in [0.4, 0.5) is 0 Å². The van der Waals surface area contributed by atoms with Crippen molar-refractivity contribution in [2.75, 3.05) is 70.5 Å². The van der Waals surface area contributed by atoms with E-state index in [1.807, 2.05) is 18.2 Å². The van der Waals surface area contributed by atoms with E-state index in [4.69, 9.17) is 56.8 Å². The van der Waals surface area contributed by atoms with Crippen molar-refractivity contribution >= 4 is 11.6 Å². The summed E-state index contributed by atoms with van der Waals surface area (Å²) >= 11 is 0. The average molecular weight is 719 g/mol. The number of Topliss-reactive ketones (excluding diaryl/α,β-unsaturated/α-hetero) is 2. The Hall–Kier alpha value is -6.18. The average Bonchev–Trinajstić information content (AvgIpc) is 3.88. The lowest BCUT2D eigenvalue weighted by Crippen LogP contribution is -2.16. The van der Waals surface area contributed by atoms with Crippen LogP contribution >= 0.6 is 0 Å². The molecule has 2 heterocycles. The molecule has 52 heavy (non-hydrogen) atoms. The molecule has 0 saturated heterocycles. The summed E-state index contributed by atoms with van der Waals surface area (Å²) < 4.78 is 67.9. The third-order valence-corrected chi connectivity index (χ3v) is 8.75. The number of rotatable bonds is 15. The van der Waals surface area contributed by atoms with Crippen molar-refractivity contribution in [2.24, 2.45) is 0 Å². The maximum atomic E-state index is 14.1. The zero-order chi connectivity index (χ0) is 37.1. The molecule has 4 aromatic carbocycles. The van der Waals surface area contributed by atoms with Crippen molar-refractivity contribution < 1.29 is 66.4 Å². The molecule has 274 valence electrons. The highest BCUT2D eigenvalue weighted by molar-refractivity contribution is 6.50. The molecule has 2 aliphatic rings. The number of hydrogen-bond donors (Lipinski definition) is 0. The van der Waals surface area contributed by atoms with E-state index in [1.165, 1.54) is 46.6 Å². The lowest BCUT2D eigenvalue weighted by molar-refractivity contribution is 0.0814. The number of ketones is 2. The van der Waals surface area contributed by atoms with E-state index in [1.54, 1.807) is 28.4 Å². The van der Waals surface area contributed by atoms with Crippen molar-refractivity contribution in [1.29, 1.82) is 0 Å². The number of fused-ring (bicyclic) bond motifs is 2. The normalized spacial score (nSPS) is 12.2. The van der Waals surface area contributed by atoms with Gasteiger partial charge in [-0.3, -0.25) is 9.59 Å². The molecule has 0 bridgehead atoms. The first kappa shape index (κ1) is 35.6. The molecule has 0 spiro atoms. The van der Waals surface area contributed by atoms with Crippen LogP contribution in [0.1, 0.15) is 31.8 Å². The number of aryl methyl sites for hydroxylation is 2. The number of ether oxygens (including phenoxy) is 12. The minimum atomic E-state index is -0.879. The lowest BCUT2D eigenvalue weighted by Gasteiger charge is -2.18. The Balaban J connectivity index is 1.46. The first-order valence-electron chi connectivity index (χ1n) is 15.9. The third-order valence-electron chi connectivity index (χ3n) is 8.75. The monoisotopic (exact) mass is 718 g/mol. The molecule has 0 aliphatic carbocycles. The highest BCUT2D eigenvalue weighted by Gasteiger charge is 2.36. The smallest absolute Gasteiger partial charge is 0.237 e. The molecule has 4 aromatic rings. The van der Waals surface area contributed by atoms with Gasteiger partial charge in [-0.15, -0.1) is 0 Å². The molecule has 0 saturated carbocycles. The summed E-state index contributed by atoms with van der Waals surface area (Å²) in [6.07, 6.45) is 1.02. The minimum Gasteiger partial charge on any atom is -0.493 e. The van der Waals surface area contributed by atoms with E-state index in [2.05, 4.69) is 0 Å². The van der Waals surface area contributed by atoms with Crippen LogP contribution in [0.5, 0.6) is 69.0 Å². The van der Waals surface area contributed by atoms with E-state index < -0.39 is 11.6 Å². The van der Waals surface area contributed by atoms with Gasteiger partial charge in [0.1, 0.15) is 0 Å². The summed E-state index contributed by atoms with van der Waals surface area (Å²) in [4.78, 5) is 28.0. The van der Waals surface area contributed by atoms with Crippen molar-refractivity contribution in [3.63, 3.8) is 0 Å². The molecular formula is C38H38O14. The molecule has 0 radical (unpaired) electrons. The Labute approximate surface area is 299 Å². The van der Waals surface area contributed by atoms with Crippen LogP contribution in [0.25, 0.3) is 11.1 Å². The molecule has 6 rings (SSSR count). The number of carbonyl (C=O) groups is 2. The highest BCUT2D eigenvalue weighted by atomic mass is 16.7. The topological polar surface area (TPSA) is 145 Å². The second-order valence-corrected chi connectivity index (χ2v) is 11.4. The van der Waals surface area contributed by atoms with Gasteiger partial charge in [0.25, 0.3) is 0 Å². The highest BCUT2D eigenvalue weighted by Crippen LogP contribution is 2.56. The standard InChI is InChI=1S/C38H38O14/c1-41-25-11-19(12-26(42-2)35(25)47-7)9-10-20-13-22(33-37(31(20)45-5)51-17-49-33)23-16-24(32(46-6)38-34(23)50-18-52-38)30(40)29(39)21-14-27(43-3)36(48-8)28(15-21)44-4/h11-16H,9-10,17-18H2,1-8H3. The fraction of sp³-hybridized carbons (Fsp3) is 0.316. The Morgan fingerprint density at radius 1 is 0.481 bits per heavy atom. The molecular weight excluding hydrogens is 680 g/mol. The molecule has 0 atom stereocenters. The van der Waals surface area contributed by atoms with Gasteiger partial charge in [-0.05, 0) is 60.4 Å². The summed E-state index contributed by atoms with van der Waals surface area (Å²) in [5.74, 6) is 2.22. The second-order valence-electron chi connectivity index (χ2n) is 11.4. The predicted octanol–water partition coefficient (Wildman–Crippen LogP) is 5.73. The summed E-state index contributed by atoms with van der Waals surface area (Å²) in [6, 6.07) is 9.98. The van der Waals surface area contributed by atoms with E-state index in [0.717, 1.165) is 11.1 Å². The number of hydrogen-bond acceptors (Lipinski definition) is 14. The third kappa shape index (κ3) is 6.09. The van der Waals surface area contributed by atoms with Gasteiger partial charge in [0.05, 0.1) is 62.4 Å². The van der Waals surface area contributed by atoms with Crippen molar-refractivity contribution in [3.8, 4) is 80.1 Å². The molecule has 0 aromatic heterocycles. The van der Waals surface area contributed by atoms with Gasteiger partial charge < -0.3 is 56.8 Å². The molecule has 0 amide bonds. The van der Waals surface area contributed by atoms with E-state index in [-0.39, 0.29) is 53.5 Å². The van der Waals surface area contributed by atoms with E-state index in [0.29, 0.717) is 64.2 Å². The van der Waals surface area contributed by atoms with Crippen LogP contribution in [-0.4, -0.2) is 82.0 Å². The molecule has 14 heteroatoms. The van der Waals surface area contributed by atoms with Crippen molar-refractivity contribution in [3.05, 3.63) is 58.7 Å². The molecule has 2 aliphatic heterocycles. The van der Waals surface area contributed by atoms with Gasteiger partial charge in [-0.2, -0.15) is 0 Å². The van der Waals surface area contributed by atoms with Crippen LogP contribution in [0.2, 0.25) is 0 Å². The largest absolute Gasteiger partial charge is 0.493 e. The van der Waals surface area contributed by atoms with Gasteiger partial charge in [-0.1, -0.05) is 0 Å². The molecule has 0 fully saturated rings. The predicted molar refractivity (Wildman–Crippen MR) is 185 cm³/mol. The van der Waals surface area contributed by atoms with Crippen LogP contribution in [-0.2, 0) is 12.8 Å². The fourth-order valence-electron chi connectivity index (χ4n) is 6.35. The Bertz CT molecular complexity index is 1990. The van der Waals surface area contributed by atoms with Crippen molar-refractivity contribution in [1.82, 2.24) is 0 Å². The summed E-state index contributed by atoms with van der Waals surface area (Å²) in [5.41, 5.74) is 2.55. The van der Waals surface area contributed by atoms with Gasteiger partial charge in [0.2, 0.25) is 48.2 Å². The summed E-state index contributed by atoms with van der Waals surface area (Å²) in [6.45, 7) is -0.225. The number of benzene rings is 4. The van der Waals surface area contributed by atoms with Crippen LogP contribution in [0.15, 0.2) is 36.4 Å². The Kier molecular flexibility index (Phi) is 10.3. The van der Waals surface area contributed by atoms with Crippen LogP contribution in [0, 0.1) is 0 Å². The summed E-state index contributed by atoms with van der Waals surface area (Å²) in [7, 11) is 11.9. The maximum Gasteiger partial charge on any atom is 0.237 e. The van der Waals surface area contributed by atoms with Crippen molar-refractivity contribution in [2.45, 2.75) is 12.8 Å². The Morgan fingerprint density at radius 3 is 1.40 bits per heavy atom. The zero-order valence-corrected chi connectivity index (χ0v) is 30.0. The fourth-order valence-corrected chi connectivity index (χ4v) is 6.35. The van der Waals surface area contributed by atoms with Gasteiger partial charge in [0, 0.05) is 16.7 Å². The summed E-state index contributed by atoms with van der Waals surface area (Å²) in [5, 5.41) is 0. The SMILES string of the molecule is COc1cc(CCc2cc(-c3cc(C(=O)C(=O)c4cc(OC)c(OC)c(OC)c4)c(OC)c4c3OCO4)c3c(c2OC)OCO3)cc(OC)c1OC. The lowest BCUT2D eigenvalue weighted by atomic mass is 9.92. The zero-order valence-electron chi connectivity index (χ0n) is 30.0. The van der Waals surface area contributed by atoms with E-state index in [9.17, 15) is 9.59 Å². The minimum absolute atomic E-state index is 0.0110. The maximum absolute atomic E-state index is 14.1. The van der Waals surface area contributed by atoms with E-state index >= 15 is 0 Å². The van der Waals surface area contributed by atoms with Gasteiger partial charge in [-0.25, -0.2) is 0 Å². The first-order chi connectivity index (χ1) is 25.3. The number of methoxy groups -OCH3 is 8. The first-order valence-corrected chi connectivity index (χ1v) is 15.9.